The molecule has 0 radical (unpaired) electrons. The molecule has 5 rings (SSSR count). The van der Waals surface area contributed by atoms with Gasteiger partial charge in [-0.1, -0.05) is 47.5 Å². The van der Waals surface area contributed by atoms with Gasteiger partial charge in [0.25, 0.3) is 5.91 Å². The second-order valence-electron chi connectivity index (χ2n) is 7.51. The first-order valence-corrected chi connectivity index (χ1v) is 10.6. The molecule has 0 saturated carbocycles. The summed E-state index contributed by atoms with van der Waals surface area (Å²) in [4.78, 5) is 28.0. The standard InChI is InChI=1S/C25H15Cl2NO5/c26-15-7-9-19-14(10-15)12-20(33-19)23(30)21-22(13-6-8-18(29)17(27)11-13)28(25(32)24(21)31)16-4-2-1-3-5-16/h1-12,22,29,31H. The summed E-state index contributed by atoms with van der Waals surface area (Å²) in [6.07, 6.45) is 0. The number of phenols is 1. The van der Waals surface area contributed by atoms with Crippen LogP contribution in [0.4, 0.5) is 5.69 Å². The minimum absolute atomic E-state index is 0.0459. The van der Waals surface area contributed by atoms with Crippen LogP contribution in [0.5, 0.6) is 5.75 Å². The van der Waals surface area contributed by atoms with Gasteiger partial charge in [-0.25, -0.2) is 0 Å². The van der Waals surface area contributed by atoms with E-state index in [-0.39, 0.29) is 22.1 Å². The summed E-state index contributed by atoms with van der Waals surface area (Å²) < 4.78 is 5.70. The number of Topliss-reactive ketones (excluding diaryl/α,β-unsaturated/α-hetero) is 1. The fraction of sp³-hybridized carbons (Fsp3) is 0.0400. The van der Waals surface area contributed by atoms with Gasteiger partial charge in [0.1, 0.15) is 11.3 Å². The number of fused-ring (bicyclic) bond motifs is 1. The van der Waals surface area contributed by atoms with Gasteiger partial charge in [0.15, 0.2) is 11.5 Å². The van der Waals surface area contributed by atoms with Crippen molar-refractivity contribution in [1.29, 1.82) is 0 Å². The van der Waals surface area contributed by atoms with E-state index < -0.39 is 23.5 Å². The van der Waals surface area contributed by atoms with Gasteiger partial charge in [-0.15, -0.1) is 0 Å². The van der Waals surface area contributed by atoms with Crippen molar-refractivity contribution in [2.45, 2.75) is 6.04 Å². The van der Waals surface area contributed by atoms with Crippen LogP contribution in [0.3, 0.4) is 0 Å². The molecule has 1 atom stereocenters. The van der Waals surface area contributed by atoms with E-state index in [1.165, 1.54) is 23.1 Å². The molecule has 0 aliphatic carbocycles. The quantitative estimate of drug-likeness (QED) is 0.338. The zero-order chi connectivity index (χ0) is 23.3. The maximum Gasteiger partial charge on any atom is 0.294 e. The molecule has 1 aliphatic rings. The van der Waals surface area contributed by atoms with E-state index in [4.69, 9.17) is 27.6 Å². The molecule has 4 aromatic rings. The minimum atomic E-state index is -0.998. The Morgan fingerprint density at radius 2 is 1.70 bits per heavy atom. The number of aliphatic hydroxyl groups excluding tert-OH is 1. The number of furan rings is 1. The molecule has 2 N–H and O–H groups in total. The maximum atomic E-state index is 13.6. The Bertz CT molecular complexity index is 1460. The molecule has 1 amide bonds. The van der Waals surface area contributed by atoms with Crippen LogP contribution >= 0.6 is 23.2 Å². The van der Waals surface area contributed by atoms with Crippen LogP contribution in [-0.2, 0) is 4.79 Å². The fourth-order valence-corrected chi connectivity index (χ4v) is 4.33. The molecular weight excluding hydrogens is 465 g/mol. The Morgan fingerprint density at radius 1 is 0.939 bits per heavy atom. The third-order valence-electron chi connectivity index (χ3n) is 5.48. The molecule has 1 aliphatic heterocycles. The van der Waals surface area contributed by atoms with Crippen LogP contribution in [0.1, 0.15) is 22.2 Å². The third-order valence-corrected chi connectivity index (χ3v) is 6.01. The summed E-state index contributed by atoms with van der Waals surface area (Å²) in [5.74, 6) is -2.27. The summed E-state index contributed by atoms with van der Waals surface area (Å²) in [6, 6.07) is 18.4. The lowest BCUT2D eigenvalue weighted by Crippen LogP contribution is -2.31. The number of carbonyl (C=O) groups excluding carboxylic acids is 2. The molecule has 0 spiro atoms. The first-order chi connectivity index (χ1) is 15.8. The zero-order valence-corrected chi connectivity index (χ0v) is 18.3. The van der Waals surface area contributed by atoms with Crippen LogP contribution in [-0.4, -0.2) is 21.9 Å². The molecule has 6 nitrogen and oxygen atoms in total. The summed E-state index contributed by atoms with van der Waals surface area (Å²) in [6.45, 7) is 0. The third kappa shape index (κ3) is 3.53. The number of hydrogen-bond donors (Lipinski definition) is 2. The molecule has 1 aromatic heterocycles. The highest BCUT2D eigenvalue weighted by atomic mass is 35.5. The average molecular weight is 480 g/mol. The predicted molar refractivity (Wildman–Crippen MR) is 125 cm³/mol. The average Bonchev–Trinajstić information content (AvgIpc) is 3.34. The second-order valence-corrected chi connectivity index (χ2v) is 8.35. The summed E-state index contributed by atoms with van der Waals surface area (Å²) in [5, 5.41) is 21.8. The molecular formula is C25H15Cl2NO5. The van der Waals surface area contributed by atoms with Crippen molar-refractivity contribution < 1.29 is 24.2 Å². The summed E-state index contributed by atoms with van der Waals surface area (Å²) in [7, 11) is 0. The highest BCUT2D eigenvalue weighted by Crippen LogP contribution is 2.43. The Balaban J connectivity index is 1.67. The number of para-hydroxylation sites is 1. The number of phenolic OH excluding ortho intramolecular Hbond substituents is 1. The Morgan fingerprint density at radius 3 is 2.42 bits per heavy atom. The molecule has 8 heteroatoms. The zero-order valence-electron chi connectivity index (χ0n) is 16.8. The summed E-state index contributed by atoms with van der Waals surface area (Å²) in [5.41, 5.74) is 1.19. The highest BCUT2D eigenvalue weighted by Gasteiger charge is 2.45. The molecule has 0 fully saturated rings. The van der Waals surface area contributed by atoms with Gasteiger partial charge in [-0.2, -0.15) is 0 Å². The smallest absolute Gasteiger partial charge is 0.294 e. The number of ketones is 1. The van der Waals surface area contributed by atoms with Crippen molar-refractivity contribution in [2.24, 2.45) is 0 Å². The van der Waals surface area contributed by atoms with Crippen molar-refractivity contribution in [3.8, 4) is 5.75 Å². The van der Waals surface area contributed by atoms with E-state index in [9.17, 15) is 19.8 Å². The number of carbonyl (C=O) groups is 2. The van der Waals surface area contributed by atoms with E-state index in [0.29, 0.717) is 27.2 Å². The first-order valence-electron chi connectivity index (χ1n) is 9.89. The van der Waals surface area contributed by atoms with Gasteiger partial charge in [-0.3, -0.25) is 14.5 Å². The number of hydrogen-bond acceptors (Lipinski definition) is 5. The number of aromatic hydroxyl groups is 1. The Labute approximate surface area is 197 Å². The molecule has 1 unspecified atom stereocenters. The largest absolute Gasteiger partial charge is 0.506 e. The van der Waals surface area contributed by atoms with Gasteiger partial charge in [0, 0.05) is 16.1 Å². The van der Waals surface area contributed by atoms with Gasteiger partial charge >= 0.3 is 0 Å². The Hall–Kier alpha value is -3.74. The van der Waals surface area contributed by atoms with E-state index >= 15 is 0 Å². The van der Waals surface area contributed by atoms with E-state index in [1.807, 2.05) is 0 Å². The first kappa shape index (κ1) is 21.1. The molecule has 3 aromatic carbocycles. The maximum absolute atomic E-state index is 13.6. The number of anilines is 1. The van der Waals surface area contributed by atoms with E-state index in [0.717, 1.165) is 0 Å². The van der Waals surface area contributed by atoms with Crippen molar-refractivity contribution in [3.63, 3.8) is 0 Å². The minimum Gasteiger partial charge on any atom is -0.506 e. The van der Waals surface area contributed by atoms with Crippen molar-refractivity contribution in [3.05, 3.63) is 105 Å². The van der Waals surface area contributed by atoms with Crippen molar-refractivity contribution >= 4 is 51.5 Å². The lowest BCUT2D eigenvalue weighted by atomic mass is 9.94. The lowest BCUT2D eigenvalue weighted by molar-refractivity contribution is -0.117. The van der Waals surface area contributed by atoms with Gasteiger partial charge < -0.3 is 14.6 Å². The number of benzene rings is 3. The normalized spacial score (nSPS) is 16.1. The van der Waals surface area contributed by atoms with Crippen LogP contribution in [0.15, 0.2) is 88.5 Å². The molecule has 2 heterocycles. The fourth-order valence-electron chi connectivity index (χ4n) is 3.96. The number of amides is 1. The predicted octanol–water partition coefficient (Wildman–Crippen LogP) is 6.23. The van der Waals surface area contributed by atoms with E-state index in [2.05, 4.69) is 0 Å². The SMILES string of the molecule is O=C(C1=C(O)C(=O)N(c2ccccc2)C1c1ccc(O)c(Cl)c1)c1cc2cc(Cl)ccc2o1. The topological polar surface area (TPSA) is 91.0 Å². The lowest BCUT2D eigenvalue weighted by Gasteiger charge is -2.27. The number of halogens is 2. The van der Waals surface area contributed by atoms with Gasteiger partial charge in [-0.05, 0) is 54.1 Å². The van der Waals surface area contributed by atoms with Crippen LogP contribution in [0, 0.1) is 0 Å². The highest BCUT2D eigenvalue weighted by molar-refractivity contribution is 6.32. The van der Waals surface area contributed by atoms with Crippen LogP contribution in [0.25, 0.3) is 11.0 Å². The van der Waals surface area contributed by atoms with Crippen LogP contribution < -0.4 is 4.90 Å². The van der Waals surface area contributed by atoms with Crippen LogP contribution in [0.2, 0.25) is 10.0 Å². The molecule has 164 valence electrons. The number of aliphatic hydroxyl groups is 1. The monoisotopic (exact) mass is 479 g/mol. The number of rotatable bonds is 4. The van der Waals surface area contributed by atoms with Crippen molar-refractivity contribution in [2.75, 3.05) is 4.90 Å². The molecule has 33 heavy (non-hydrogen) atoms. The van der Waals surface area contributed by atoms with Gasteiger partial charge in [0.05, 0.1) is 16.6 Å². The van der Waals surface area contributed by atoms with E-state index in [1.54, 1.807) is 54.6 Å². The summed E-state index contributed by atoms with van der Waals surface area (Å²) >= 11 is 12.2. The number of nitrogens with zero attached hydrogens (tertiary/aromatic N) is 1. The Kier molecular flexibility index (Phi) is 5.12. The molecule has 0 saturated heterocycles. The van der Waals surface area contributed by atoms with Crippen molar-refractivity contribution in [1.82, 2.24) is 0 Å². The second kappa shape index (κ2) is 7.99. The molecule has 0 bridgehead atoms. The van der Waals surface area contributed by atoms with Gasteiger partial charge in [0.2, 0.25) is 5.78 Å².